The van der Waals surface area contributed by atoms with Gasteiger partial charge >= 0.3 is 0 Å². The van der Waals surface area contributed by atoms with E-state index < -0.39 is 23.1 Å². The summed E-state index contributed by atoms with van der Waals surface area (Å²) in [5.74, 6) is -0.0100. The van der Waals surface area contributed by atoms with Gasteiger partial charge in [-0.3, -0.25) is 19.3 Å². The lowest BCUT2D eigenvalue weighted by molar-refractivity contribution is -0.124. The molecule has 0 aromatic heterocycles. The molecule has 1 aromatic rings. The number of nitrogens with one attached hydrogen (secondary N) is 1. The van der Waals surface area contributed by atoms with Gasteiger partial charge in [-0.05, 0) is 35.5 Å². The van der Waals surface area contributed by atoms with E-state index in [-0.39, 0.29) is 29.8 Å². The maximum absolute atomic E-state index is 13.2. The van der Waals surface area contributed by atoms with Crippen molar-refractivity contribution in [2.75, 3.05) is 18.1 Å². The van der Waals surface area contributed by atoms with Crippen molar-refractivity contribution in [2.45, 2.75) is 18.6 Å². The molecular weight excluding hydrogens is 379 g/mol. The fourth-order valence-electron chi connectivity index (χ4n) is 2.61. The van der Waals surface area contributed by atoms with Crippen LogP contribution in [0.15, 0.2) is 29.2 Å². The Kier molecular flexibility index (Phi) is 6.00. The topological polar surface area (TPSA) is 86.7 Å². The molecule has 138 valence electrons. The Bertz CT molecular complexity index is 771. The zero-order chi connectivity index (χ0) is 18.7. The average Bonchev–Trinajstić information content (AvgIpc) is 3.10. The first kappa shape index (κ1) is 18.9. The number of aliphatic hydroxyl groups is 1. The van der Waals surface area contributed by atoms with Gasteiger partial charge in [0.1, 0.15) is 5.82 Å². The van der Waals surface area contributed by atoms with Gasteiger partial charge in [-0.25, -0.2) is 4.39 Å². The summed E-state index contributed by atoms with van der Waals surface area (Å²) in [6.07, 6.45) is 0.856. The first-order chi connectivity index (χ1) is 12.4. The molecule has 0 saturated carbocycles. The largest absolute Gasteiger partial charge is 0.390 e. The van der Waals surface area contributed by atoms with Gasteiger partial charge in [-0.15, -0.1) is 0 Å². The van der Waals surface area contributed by atoms with Crippen molar-refractivity contribution < 1.29 is 23.9 Å². The van der Waals surface area contributed by atoms with Gasteiger partial charge in [0.15, 0.2) is 0 Å². The normalized spacial score (nSPS) is 24.5. The highest BCUT2D eigenvalue weighted by atomic mass is 32.2. The van der Waals surface area contributed by atoms with Crippen molar-refractivity contribution in [3.63, 3.8) is 0 Å². The minimum atomic E-state index is -0.574. The zero-order valence-electron chi connectivity index (χ0n) is 13.7. The number of benzene rings is 1. The minimum absolute atomic E-state index is 0.0286. The molecule has 2 saturated heterocycles. The molecule has 2 N–H and O–H groups in total. The quantitative estimate of drug-likeness (QED) is 0.739. The van der Waals surface area contributed by atoms with Gasteiger partial charge in [-0.2, -0.15) is 11.8 Å². The van der Waals surface area contributed by atoms with Crippen LogP contribution in [0.25, 0.3) is 6.08 Å². The molecule has 0 radical (unpaired) electrons. The molecule has 2 fully saturated rings. The molecule has 2 aliphatic heterocycles. The molecule has 3 rings (SSSR count). The van der Waals surface area contributed by atoms with Gasteiger partial charge < -0.3 is 10.4 Å². The summed E-state index contributed by atoms with van der Waals surface area (Å²) in [5, 5.41) is 12.0. The van der Waals surface area contributed by atoms with Crippen molar-refractivity contribution in [1.82, 2.24) is 10.2 Å². The highest BCUT2D eigenvalue weighted by Crippen LogP contribution is 2.32. The smallest absolute Gasteiger partial charge is 0.293 e. The van der Waals surface area contributed by atoms with Crippen LogP contribution in [-0.4, -0.2) is 57.3 Å². The summed E-state index contributed by atoms with van der Waals surface area (Å²) in [4.78, 5) is 37.6. The second-order valence-electron chi connectivity index (χ2n) is 5.92. The number of carbonyl (C=O) groups is 3. The number of hydrogen-bond donors (Lipinski definition) is 2. The van der Waals surface area contributed by atoms with E-state index >= 15 is 0 Å². The molecule has 2 aliphatic rings. The van der Waals surface area contributed by atoms with Gasteiger partial charge in [0.2, 0.25) is 5.91 Å². The fraction of sp³-hybridized carbons (Fsp3) is 0.353. The molecule has 6 nitrogen and oxygen atoms in total. The number of thioether (sulfide) groups is 2. The zero-order valence-corrected chi connectivity index (χ0v) is 15.3. The average molecular weight is 396 g/mol. The lowest BCUT2D eigenvalue weighted by atomic mass is 10.2. The monoisotopic (exact) mass is 396 g/mol. The van der Waals surface area contributed by atoms with Crippen LogP contribution in [0.1, 0.15) is 12.0 Å². The summed E-state index contributed by atoms with van der Waals surface area (Å²) >= 11 is 2.33. The fourth-order valence-corrected chi connectivity index (χ4v) is 4.65. The number of rotatable bonds is 5. The number of aliphatic hydroxyl groups excluding tert-OH is 1. The van der Waals surface area contributed by atoms with Crippen molar-refractivity contribution in [3.05, 3.63) is 40.6 Å². The molecule has 0 bridgehead atoms. The molecule has 9 heteroatoms. The lowest BCUT2D eigenvalue weighted by Gasteiger charge is -2.17. The third-order valence-electron chi connectivity index (χ3n) is 3.98. The van der Waals surface area contributed by atoms with Crippen LogP contribution in [0.3, 0.4) is 0 Å². The summed E-state index contributed by atoms with van der Waals surface area (Å²) in [6, 6.07) is 5.42. The van der Waals surface area contributed by atoms with Crippen LogP contribution in [0.4, 0.5) is 9.18 Å². The van der Waals surface area contributed by atoms with E-state index in [9.17, 15) is 23.9 Å². The van der Waals surface area contributed by atoms with E-state index in [1.165, 1.54) is 24.3 Å². The second kappa shape index (κ2) is 8.24. The number of carbonyl (C=O) groups excluding carboxylic acids is 3. The lowest BCUT2D eigenvalue weighted by Crippen LogP contribution is -2.43. The Morgan fingerprint density at radius 1 is 1.38 bits per heavy atom. The molecule has 3 amide bonds. The number of halogens is 1. The van der Waals surface area contributed by atoms with E-state index in [1.807, 2.05) is 0 Å². The van der Waals surface area contributed by atoms with Crippen molar-refractivity contribution in [3.8, 4) is 0 Å². The van der Waals surface area contributed by atoms with Crippen molar-refractivity contribution in [2.24, 2.45) is 0 Å². The van der Waals surface area contributed by atoms with Gasteiger partial charge in [-0.1, -0.05) is 12.1 Å². The van der Waals surface area contributed by atoms with Crippen LogP contribution in [0.5, 0.6) is 0 Å². The van der Waals surface area contributed by atoms with E-state index in [0.717, 1.165) is 16.7 Å². The van der Waals surface area contributed by atoms with Crippen molar-refractivity contribution >= 4 is 46.7 Å². The van der Waals surface area contributed by atoms with Crippen LogP contribution in [0, 0.1) is 5.82 Å². The number of hydrogen-bond acceptors (Lipinski definition) is 6. The number of imide groups is 1. The Morgan fingerprint density at radius 2 is 2.19 bits per heavy atom. The summed E-state index contributed by atoms with van der Waals surface area (Å²) in [7, 11) is 0. The minimum Gasteiger partial charge on any atom is -0.390 e. The van der Waals surface area contributed by atoms with Crippen LogP contribution in [0.2, 0.25) is 0 Å². The molecule has 1 aromatic carbocycles. The third kappa shape index (κ3) is 4.46. The highest BCUT2D eigenvalue weighted by Gasteiger charge is 2.35. The summed E-state index contributed by atoms with van der Waals surface area (Å²) < 4.78 is 13.2. The molecule has 0 aliphatic carbocycles. The Labute approximate surface area is 158 Å². The Morgan fingerprint density at radius 3 is 2.88 bits per heavy atom. The molecule has 2 heterocycles. The Hall–Kier alpha value is -1.84. The Balaban J connectivity index is 1.58. The summed E-state index contributed by atoms with van der Waals surface area (Å²) in [6.45, 7) is -0.0348. The van der Waals surface area contributed by atoms with Crippen LogP contribution in [-0.2, 0) is 9.59 Å². The predicted octanol–water partition coefficient (Wildman–Crippen LogP) is 1.84. The van der Waals surface area contributed by atoms with Gasteiger partial charge in [0, 0.05) is 24.5 Å². The maximum Gasteiger partial charge on any atom is 0.293 e. The molecule has 0 spiro atoms. The molecular formula is C17H17FN2O4S2. The van der Waals surface area contributed by atoms with E-state index in [1.54, 1.807) is 17.8 Å². The maximum atomic E-state index is 13.2. The van der Waals surface area contributed by atoms with Crippen LogP contribution >= 0.6 is 23.5 Å². The van der Waals surface area contributed by atoms with E-state index in [2.05, 4.69) is 5.32 Å². The highest BCUT2D eigenvalue weighted by molar-refractivity contribution is 8.18. The molecule has 2 atom stereocenters. The van der Waals surface area contributed by atoms with Crippen LogP contribution < -0.4 is 5.32 Å². The first-order valence-corrected chi connectivity index (χ1v) is 9.97. The van der Waals surface area contributed by atoms with Gasteiger partial charge in [0.25, 0.3) is 11.1 Å². The molecule has 0 unspecified atom stereocenters. The first-order valence-electron chi connectivity index (χ1n) is 8.00. The van der Waals surface area contributed by atoms with E-state index in [4.69, 9.17) is 0 Å². The standard InChI is InChI=1S/C17H17FN2O4S2/c18-11-3-1-2-10(6-11)7-14-16(23)20(17(24)26-14)5-4-15(22)19-12-8-25-9-13(12)21/h1-3,6-7,12-13,21H,4-5,8-9H2,(H,19,22)/t12-,13+/m1/s1. The number of amides is 3. The van der Waals surface area contributed by atoms with Gasteiger partial charge in [0.05, 0.1) is 17.1 Å². The number of nitrogens with zero attached hydrogens (tertiary/aromatic N) is 1. The second-order valence-corrected chi connectivity index (χ2v) is 7.99. The third-order valence-corrected chi connectivity index (χ3v) is 6.06. The SMILES string of the molecule is O=C(CCN1C(=O)SC(=Cc2cccc(F)c2)C1=O)N[C@@H]1CSC[C@@H]1O. The summed E-state index contributed by atoms with van der Waals surface area (Å²) in [5.41, 5.74) is 0.487. The van der Waals surface area contributed by atoms with Crippen molar-refractivity contribution in [1.29, 1.82) is 0 Å². The predicted molar refractivity (Wildman–Crippen MR) is 99.0 cm³/mol. The molecule has 26 heavy (non-hydrogen) atoms. The van der Waals surface area contributed by atoms with E-state index in [0.29, 0.717) is 17.1 Å².